The Kier molecular flexibility index (Phi) is 10.2. The topological polar surface area (TPSA) is 62.5 Å². The second-order valence-corrected chi connectivity index (χ2v) is 19.0. The summed E-state index contributed by atoms with van der Waals surface area (Å²) in [4.78, 5) is 15.3. The van der Waals surface area contributed by atoms with Gasteiger partial charge in [0, 0.05) is 16.7 Å². The first kappa shape index (κ1) is 42.8. The predicted molar refractivity (Wildman–Crippen MR) is 305 cm³/mol. The summed E-state index contributed by atoms with van der Waals surface area (Å²) in [5.41, 5.74) is 19.4. The third kappa shape index (κ3) is 7.26. The minimum absolute atomic E-state index is 0.597. The molecule has 342 valence electrons. The van der Waals surface area contributed by atoms with E-state index in [1.165, 1.54) is 65.7 Å². The van der Waals surface area contributed by atoms with Gasteiger partial charge in [0.15, 0.2) is 17.5 Å². The predicted octanol–water partition coefficient (Wildman–Crippen LogP) is 18.2. The molecule has 4 nitrogen and oxygen atoms in total. The third-order valence-corrected chi connectivity index (χ3v) is 14.7. The maximum absolute atomic E-state index is 10.2. The first-order chi connectivity index (χ1) is 36.6. The van der Waals surface area contributed by atoms with Gasteiger partial charge in [0.2, 0.25) is 0 Å². The minimum atomic E-state index is 0.597. The van der Waals surface area contributed by atoms with Crippen LogP contribution in [0.2, 0.25) is 0 Å². The quantitative estimate of drug-likeness (QED) is 0.142. The molecule has 1 aliphatic carbocycles. The Morgan fingerprint density at radius 2 is 0.689 bits per heavy atom. The summed E-state index contributed by atoms with van der Waals surface area (Å²) in [7, 11) is 0. The molecule has 14 rings (SSSR count). The van der Waals surface area contributed by atoms with E-state index in [0.29, 0.717) is 23.0 Å². The first-order valence-electron chi connectivity index (χ1n) is 25.0. The zero-order chi connectivity index (χ0) is 49.1. The van der Waals surface area contributed by atoms with Gasteiger partial charge in [-0.3, -0.25) is 0 Å². The van der Waals surface area contributed by atoms with Crippen LogP contribution in [-0.4, -0.2) is 15.0 Å². The van der Waals surface area contributed by atoms with Gasteiger partial charge in [0.05, 0.1) is 11.6 Å². The van der Waals surface area contributed by atoms with E-state index in [-0.39, 0.29) is 0 Å². The zero-order valence-electron chi connectivity index (χ0n) is 40.0. The van der Waals surface area contributed by atoms with Crippen LogP contribution in [0.5, 0.6) is 0 Å². The second-order valence-electron chi connectivity index (χ2n) is 19.0. The monoisotopic (exact) mass is 938 g/mol. The van der Waals surface area contributed by atoms with Crippen LogP contribution in [0.4, 0.5) is 0 Å². The summed E-state index contributed by atoms with van der Waals surface area (Å²) < 4.78 is 0. The molecule has 4 heteroatoms. The Morgan fingerprint density at radius 1 is 0.243 bits per heavy atom. The van der Waals surface area contributed by atoms with Gasteiger partial charge in [0.25, 0.3) is 0 Å². The van der Waals surface area contributed by atoms with E-state index in [2.05, 4.69) is 218 Å². The molecule has 0 N–H and O–H groups in total. The van der Waals surface area contributed by atoms with Crippen molar-refractivity contribution in [1.82, 2.24) is 15.0 Å². The van der Waals surface area contributed by atoms with Gasteiger partial charge >= 0.3 is 0 Å². The molecule has 0 unspecified atom stereocenters. The summed E-state index contributed by atoms with van der Waals surface area (Å²) >= 11 is 0. The van der Waals surface area contributed by atoms with Gasteiger partial charge in [-0.15, -0.1) is 0 Å². The normalized spacial score (nSPS) is 11.5. The highest BCUT2D eigenvalue weighted by Gasteiger charge is 2.23. The van der Waals surface area contributed by atoms with Crippen molar-refractivity contribution in [3.8, 4) is 118 Å². The van der Waals surface area contributed by atoms with Gasteiger partial charge < -0.3 is 0 Å². The van der Waals surface area contributed by atoms with Crippen LogP contribution < -0.4 is 0 Å². The van der Waals surface area contributed by atoms with E-state index >= 15 is 0 Å². The zero-order valence-corrected chi connectivity index (χ0v) is 40.0. The Bertz CT molecular complexity index is 4390. The fourth-order valence-corrected chi connectivity index (χ4v) is 11.2. The summed E-state index contributed by atoms with van der Waals surface area (Å²) in [6.07, 6.45) is 0. The Hall–Kier alpha value is -10.1. The molecule has 0 aliphatic heterocycles. The molecule has 13 aromatic rings. The Balaban J connectivity index is 0.810. The lowest BCUT2D eigenvalue weighted by molar-refractivity contribution is 1.07. The molecule has 74 heavy (non-hydrogen) atoms. The number of nitrogens with zero attached hydrogens (tertiary/aromatic N) is 4. The maximum Gasteiger partial charge on any atom is 0.164 e. The molecule has 0 radical (unpaired) electrons. The summed E-state index contributed by atoms with van der Waals surface area (Å²) in [5, 5.41) is 17.6. The van der Waals surface area contributed by atoms with Crippen LogP contribution in [0, 0.1) is 11.3 Å². The SMILES string of the molecule is N#Cc1ccc(-c2ccccc2-c2cc3ccccc3c3ccccc23)c(-c2ccc(-c3cccc(-c4nc(-c5ccccc5)nc(-c5ccc(-c6ccc7c8c(cccc68)-c6ccccc6-7)cc5)n4)c3)cc2)c1. The molecule has 0 amide bonds. The third-order valence-electron chi connectivity index (χ3n) is 14.7. The molecule has 12 aromatic carbocycles. The van der Waals surface area contributed by atoms with Crippen LogP contribution in [0.15, 0.2) is 255 Å². The summed E-state index contributed by atoms with van der Waals surface area (Å²) in [6.45, 7) is 0. The number of aromatic nitrogens is 3. The summed E-state index contributed by atoms with van der Waals surface area (Å²) in [6, 6.07) is 92.3. The largest absolute Gasteiger partial charge is 0.208 e. The maximum atomic E-state index is 10.2. The second kappa shape index (κ2) is 17.6. The number of hydrogen-bond acceptors (Lipinski definition) is 4. The lowest BCUT2D eigenvalue weighted by Gasteiger charge is -2.18. The molecule has 1 aromatic heterocycles. The Labute approximate surface area is 428 Å². The van der Waals surface area contributed by atoms with Crippen molar-refractivity contribution >= 4 is 32.3 Å². The molecule has 0 atom stereocenters. The highest BCUT2D eigenvalue weighted by molar-refractivity contribution is 6.19. The van der Waals surface area contributed by atoms with E-state index < -0.39 is 0 Å². The molecular formula is C70H42N4. The number of nitriles is 1. The highest BCUT2D eigenvalue weighted by Crippen LogP contribution is 2.49. The molecule has 1 aliphatic rings. The van der Waals surface area contributed by atoms with Crippen molar-refractivity contribution in [3.63, 3.8) is 0 Å². The lowest BCUT2D eigenvalue weighted by Crippen LogP contribution is -2.00. The molecule has 0 saturated heterocycles. The number of hydrogen-bond donors (Lipinski definition) is 0. The van der Waals surface area contributed by atoms with Gasteiger partial charge in [-0.2, -0.15) is 5.26 Å². The fourth-order valence-electron chi connectivity index (χ4n) is 11.2. The molecule has 0 fully saturated rings. The van der Waals surface area contributed by atoms with Crippen molar-refractivity contribution in [3.05, 3.63) is 260 Å². The van der Waals surface area contributed by atoms with E-state index in [1.54, 1.807) is 0 Å². The van der Waals surface area contributed by atoms with Crippen LogP contribution in [-0.2, 0) is 0 Å². The number of fused-ring (bicyclic) bond motifs is 6. The Morgan fingerprint density at radius 3 is 1.41 bits per heavy atom. The van der Waals surface area contributed by atoms with Crippen LogP contribution >= 0.6 is 0 Å². The minimum Gasteiger partial charge on any atom is -0.208 e. The highest BCUT2D eigenvalue weighted by atomic mass is 15.0. The van der Waals surface area contributed by atoms with E-state index in [9.17, 15) is 5.26 Å². The average Bonchev–Trinajstić information content (AvgIpc) is 3.81. The van der Waals surface area contributed by atoms with Gasteiger partial charge in [-0.05, 0) is 134 Å². The van der Waals surface area contributed by atoms with Gasteiger partial charge in [-0.1, -0.05) is 231 Å². The molecular weight excluding hydrogens is 897 g/mol. The van der Waals surface area contributed by atoms with E-state index in [1.807, 2.05) is 42.5 Å². The number of rotatable bonds is 8. The lowest BCUT2D eigenvalue weighted by atomic mass is 9.86. The smallest absolute Gasteiger partial charge is 0.164 e. The standard InChI is InChI=1S/C70H42N4/c71-43-44-28-37-61(56-21-7-11-25-60(56)66-42-51-16-4-5-19-53(51)55-20-6-10-24-59(55)66)65(40-44)47-31-29-45(30-32-47)50-17-12-18-52(41-50)70-73-68(48-14-2-1-3-15-48)72-69(74-70)49-35-33-46(34-36-49)54-38-39-64-58-23-9-8-22-57(58)63-27-13-26-62(54)67(63)64/h1-42H. The first-order valence-corrected chi connectivity index (χ1v) is 25.0. The molecule has 0 bridgehead atoms. The average molecular weight is 939 g/mol. The molecule has 0 saturated carbocycles. The van der Waals surface area contributed by atoms with Crippen molar-refractivity contribution < 1.29 is 0 Å². The van der Waals surface area contributed by atoms with Crippen LogP contribution in [0.1, 0.15) is 5.56 Å². The van der Waals surface area contributed by atoms with Gasteiger partial charge in [0.1, 0.15) is 0 Å². The number of benzene rings is 12. The van der Waals surface area contributed by atoms with Crippen molar-refractivity contribution in [2.24, 2.45) is 0 Å². The van der Waals surface area contributed by atoms with Crippen LogP contribution in [0.3, 0.4) is 0 Å². The molecule has 0 spiro atoms. The van der Waals surface area contributed by atoms with Gasteiger partial charge in [-0.25, -0.2) is 15.0 Å². The van der Waals surface area contributed by atoms with Crippen molar-refractivity contribution in [1.29, 1.82) is 5.26 Å². The fraction of sp³-hybridized carbons (Fsp3) is 0. The van der Waals surface area contributed by atoms with E-state index in [4.69, 9.17) is 15.0 Å². The van der Waals surface area contributed by atoms with E-state index in [0.717, 1.165) is 61.2 Å². The van der Waals surface area contributed by atoms with Crippen molar-refractivity contribution in [2.45, 2.75) is 0 Å². The summed E-state index contributed by atoms with van der Waals surface area (Å²) in [5.74, 6) is 1.82. The molecule has 1 heterocycles. The van der Waals surface area contributed by atoms with Crippen LogP contribution in [0.25, 0.3) is 144 Å². The van der Waals surface area contributed by atoms with Crippen molar-refractivity contribution in [2.75, 3.05) is 0 Å².